The Balaban J connectivity index is 1.29. The van der Waals surface area contributed by atoms with E-state index >= 15 is 0 Å². The number of halogens is 3. The SMILES string of the molecule is COc1cc2c(Nc3ccc(C#N)cc3C(F)(F)F)ncnc2cc1OCCCC1CCCCN1C1CCNCC1. The number of aromatic nitrogens is 2. The molecule has 2 fully saturated rings. The van der Waals surface area contributed by atoms with Gasteiger partial charge in [-0.1, -0.05) is 6.42 Å². The van der Waals surface area contributed by atoms with Crippen LogP contribution in [-0.2, 0) is 6.18 Å². The number of fused-ring (bicyclic) bond motifs is 1. The lowest BCUT2D eigenvalue weighted by atomic mass is 9.93. The molecule has 2 saturated heterocycles. The second-order valence-corrected chi connectivity index (χ2v) is 10.6. The van der Waals surface area contributed by atoms with Crippen molar-refractivity contribution in [1.82, 2.24) is 20.2 Å². The van der Waals surface area contributed by atoms with Crippen molar-refractivity contribution in [3.05, 3.63) is 47.8 Å². The highest BCUT2D eigenvalue weighted by atomic mass is 19.4. The van der Waals surface area contributed by atoms with Crippen molar-refractivity contribution >= 4 is 22.4 Å². The normalized spacial score (nSPS) is 18.7. The number of likely N-dealkylation sites (tertiary alicyclic amines) is 1. The maximum Gasteiger partial charge on any atom is 0.418 e. The Kier molecular flexibility index (Phi) is 9.10. The average Bonchev–Trinajstić information content (AvgIpc) is 2.99. The number of nitrogens with one attached hydrogen (secondary N) is 2. The van der Waals surface area contributed by atoms with Crippen LogP contribution in [0.3, 0.4) is 0 Å². The minimum absolute atomic E-state index is 0.0821. The van der Waals surface area contributed by atoms with Gasteiger partial charge in [-0.15, -0.1) is 0 Å². The summed E-state index contributed by atoms with van der Waals surface area (Å²) < 4.78 is 52.8. The molecule has 11 heteroatoms. The van der Waals surface area contributed by atoms with E-state index < -0.39 is 11.7 Å². The predicted octanol–water partition coefficient (Wildman–Crippen LogP) is 6.04. The molecule has 5 rings (SSSR count). The topological polar surface area (TPSA) is 95.3 Å². The number of nitriles is 1. The van der Waals surface area contributed by atoms with Crippen molar-refractivity contribution in [3.63, 3.8) is 0 Å². The number of rotatable bonds is 9. The summed E-state index contributed by atoms with van der Waals surface area (Å²) >= 11 is 0. The first-order valence-electron chi connectivity index (χ1n) is 14.2. The lowest BCUT2D eigenvalue weighted by Gasteiger charge is -2.43. The van der Waals surface area contributed by atoms with Crippen molar-refractivity contribution in [2.75, 3.05) is 38.7 Å². The molecule has 1 atom stereocenters. The van der Waals surface area contributed by atoms with Crippen LogP contribution in [0.1, 0.15) is 56.1 Å². The molecule has 218 valence electrons. The van der Waals surface area contributed by atoms with Gasteiger partial charge >= 0.3 is 6.18 Å². The first kappa shape index (κ1) is 28.9. The molecule has 1 aromatic heterocycles. The second-order valence-electron chi connectivity index (χ2n) is 10.6. The van der Waals surface area contributed by atoms with Gasteiger partial charge in [0.25, 0.3) is 0 Å². The average molecular weight is 569 g/mol. The first-order chi connectivity index (χ1) is 19.9. The van der Waals surface area contributed by atoms with Crippen LogP contribution in [0.2, 0.25) is 0 Å². The zero-order valence-electron chi connectivity index (χ0n) is 23.1. The molecule has 1 unspecified atom stereocenters. The summed E-state index contributed by atoms with van der Waals surface area (Å²) in [6.07, 6.45) is 4.80. The number of hydrogen-bond donors (Lipinski definition) is 2. The summed E-state index contributed by atoms with van der Waals surface area (Å²) in [5, 5.41) is 15.8. The van der Waals surface area contributed by atoms with Crippen molar-refractivity contribution in [3.8, 4) is 17.6 Å². The van der Waals surface area contributed by atoms with Gasteiger partial charge in [-0.3, -0.25) is 4.90 Å². The standard InChI is InChI=1S/C30H35F3N6O2/c1-40-27-16-23-26(36-19-37-29(23)38-25-8-7-20(18-34)15-24(25)30(31,32)33)17-28(27)41-14-4-6-21-5-2-3-13-39(21)22-9-11-35-12-10-22/h7-8,15-17,19,21-22,35H,2-6,9-14H2,1H3,(H,36,37,38). The van der Waals surface area contributed by atoms with Gasteiger partial charge in [-0.2, -0.15) is 18.4 Å². The van der Waals surface area contributed by atoms with Gasteiger partial charge in [0.1, 0.15) is 12.1 Å². The molecule has 2 aromatic carbocycles. The Labute approximate surface area is 237 Å². The summed E-state index contributed by atoms with van der Waals surface area (Å²) in [6, 6.07) is 9.77. The van der Waals surface area contributed by atoms with E-state index in [1.807, 2.05) is 0 Å². The molecule has 0 saturated carbocycles. The fourth-order valence-corrected chi connectivity index (χ4v) is 5.97. The van der Waals surface area contributed by atoms with Gasteiger partial charge in [0, 0.05) is 23.5 Å². The molecule has 2 aliphatic heterocycles. The lowest BCUT2D eigenvalue weighted by molar-refractivity contribution is -0.136. The fraction of sp³-hybridized carbons (Fsp3) is 0.500. The highest BCUT2D eigenvalue weighted by Crippen LogP contribution is 2.39. The summed E-state index contributed by atoms with van der Waals surface area (Å²) in [4.78, 5) is 11.2. The van der Waals surface area contributed by atoms with E-state index in [0.717, 1.165) is 32.0 Å². The van der Waals surface area contributed by atoms with E-state index in [0.29, 0.717) is 41.1 Å². The molecule has 0 aliphatic carbocycles. The van der Waals surface area contributed by atoms with Crippen LogP contribution in [0, 0.1) is 11.3 Å². The number of methoxy groups -OCH3 is 1. The Morgan fingerprint density at radius 1 is 1.10 bits per heavy atom. The number of anilines is 2. The summed E-state index contributed by atoms with van der Waals surface area (Å²) in [7, 11) is 1.52. The third-order valence-electron chi connectivity index (χ3n) is 8.02. The van der Waals surface area contributed by atoms with Crippen molar-refractivity contribution < 1.29 is 22.6 Å². The Morgan fingerprint density at radius 3 is 2.68 bits per heavy atom. The molecule has 0 bridgehead atoms. The van der Waals surface area contributed by atoms with Gasteiger partial charge in [0.05, 0.1) is 42.1 Å². The lowest BCUT2D eigenvalue weighted by Crippen LogP contribution is -2.50. The molecule has 2 N–H and O–H groups in total. The molecule has 0 amide bonds. The first-order valence-corrected chi connectivity index (χ1v) is 14.2. The van der Waals surface area contributed by atoms with E-state index in [2.05, 4.69) is 25.5 Å². The summed E-state index contributed by atoms with van der Waals surface area (Å²) in [6.45, 7) is 3.89. The van der Waals surface area contributed by atoms with E-state index in [4.69, 9.17) is 14.7 Å². The maximum atomic E-state index is 13.7. The molecule has 3 aromatic rings. The van der Waals surface area contributed by atoms with Crippen LogP contribution in [0.25, 0.3) is 10.9 Å². The van der Waals surface area contributed by atoms with Crippen molar-refractivity contribution in [2.45, 2.75) is 63.2 Å². The van der Waals surface area contributed by atoms with Crippen LogP contribution in [0.5, 0.6) is 11.5 Å². The number of benzene rings is 2. The Morgan fingerprint density at radius 2 is 1.93 bits per heavy atom. The monoisotopic (exact) mass is 568 g/mol. The molecular weight excluding hydrogens is 533 g/mol. The number of ether oxygens (including phenoxy) is 2. The van der Waals surface area contributed by atoms with Gasteiger partial charge < -0.3 is 20.1 Å². The minimum atomic E-state index is -4.65. The van der Waals surface area contributed by atoms with E-state index in [-0.39, 0.29) is 17.1 Å². The Bertz CT molecular complexity index is 1390. The molecule has 3 heterocycles. The van der Waals surface area contributed by atoms with Gasteiger partial charge in [0.15, 0.2) is 11.5 Å². The number of piperidine rings is 2. The zero-order chi connectivity index (χ0) is 28.8. The number of hydrogen-bond acceptors (Lipinski definition) is 8. The highest BCUT2D eigenvalue weighted by molar-refractivity contribution is 5.93. The van der Waals surface area contributed by atoms with Gasteiger partial charge in [-0.05, 0) is 82.4 Å². The van der Waals surface area contributed by atoms with E-state index in [1.165, 1.54) is 64.2 Å². The van der Waals surface area contributed by atoms with Crippen LogP contribution in [0.4, 0.5) is 24.7 Å². The van der Waals surface area contributed by atoms with Crippen molar-refractivity contribution in [2.24, 2.45) is 0 Å². The fourth-order valence-electron chi connectivity index (χ4n) is 5.97. The third kappa shape index (κ3) is 6.82. The van der Waals surface area contributed by atoms with Crippen LogP contribution < -0.4 is 20.1 Å². The van der Waals surface area contributed by atoms with E-state index in [1.54, 1.807) is 18.2 Å². The minimum Gasteiger partial charge on any atom is -0.493 e. The van der Waals surface area contributed by atoms with Crippen molar-refractivity contribution in [1.29, 1.82) is 5.26 Å². The second kappa shape index (κ2) is 12.9. The quantitative estimate of drug-likeness (QED) is 0.302. The molecule has 41 heavy (non-hydrogen) atoms. The molecule has 8 nitrogen and oxygen atoms in total. The summed E-state index contributed by atoms with van der Waals surface area (Å²) in [5.74, 6) is 1.16. The van der Waals surface area contributed by atoms with Gasteiger partial charge in [-0.25, -0.2) is 9.97 Å². The van der Waals surface area contributed by atoms with Gasteiger partial charge in [0.2, 0.25) is 0 Å². The predicted molar refractivity (Wildman–Crippen MR) is 150 cm³/mol. The summed E-state index contributed by atoms with van der Waals surface area (Å²) in [5.41, 5.74) is -0.741. The highest BCUT2D eigenvalue weighted by Gasteiger charge is 2.34. The van der Waals surface area contributed by atoms with Crippen LogP contribution in [0.15, 0.2) is 36.7 Å². The Hall–Kier alpha value is -3.62. The molecule has 2 aliphatic rings. The molecule has 0 spiro atoms. The van der Waals surface area contributed by atoms with Crippen LogP contribution >= 0.6 is 0 Å². The van der Waals surface area contributed by atoms with Crippen LogP contribution in [-0.4, -0.2) is 60.3 Å². The molecular formula is C30H35F3N6O2. The third-order valence-corrected chi connectivity index (χ3v) is 8.02. The number of nitrogens with zero attached hydrogens (tertiary/aromatic N) is 4. The van der Waals surface area contributed by atoms with E-state index in [9.17, 15) is 13.2 Å². The molecule has 0 radical (unpaired) electrons. The zero-order valence-corrected chi connectivity index (χ0v) is 23.1. The maximum absolute atomic E-state index is 13.7. The number of alkyl halides is 3. The largest absolute Gasteiger partial charge is 0.493 e. The smallest absolute Gasteiger partial charge is 0.418 e.